The molecular formula is C10H12N2O. The SMILES string of the molecule is NC(=O)C1(N)CC1c1ccccc1. The molecule has 1 saturated carbocycles. The van der Waals surface area contributed by atoms with Crippen molar-refractivity contribution < 1.29 is 4.79 Å². The number of benzene rings is 1. The fourth-order valence-electron chi connectivity index (χ4n) is 1.65. The van der Waals surface area contributed by atoms with Crippen LogP contribution >= 0.6 is 0 Å². The zero-order valence-electron chi connectivity index (χ0n) is 7.23. The molecule has 2 rings (SSSR count). The summed E-state index contributed by atoms with van der Waals surface area (Å²) in [6.45, 7) is 0. The first-order valence-corrected chi connectivity index (χ1v) is 4.28. The fourth-order valence-corrected chi connectivity index (χ4v) is 1.65. The summed E-state index contributed by atoms with van der Waals surface area (Å²) in [5.74, 6) is -0.285. The van der Waals surface area contributed by atoms with Gasteiger partial charge in [0.15, 0.2) is 0 Å². The molecule has 4 N–H and O–H groups in total. The predicted octanol–water partition coefficient (Wildman–Crippen LogP) is 0.357. The summed E-state index contributed by atoms with van der Waals surface area (Å²) in [6.07, 6.45) is 0.673. The monoisotopic (exact) mass is 176 g/mol. The highest BCUT2D eigenvalue weighted by atomic mass is 16.1. The van der Waals surface area contributed by atoms with Crippen LogP contribution in [0.4, 0.5) is 0 Å². The quantitative estimate of drug-likeness (QED) is 0.683. The number of nitrogens with two attached hydrogens (primary N) is 2. The molecule has 1 fully saturated rings. The third kappa shape index (κ3) is 1.21. The minimum absolute atomic E-state index is 0.117. The summed E-state index contributed by atoms with van der Waals surface area (Å²) in [7, 11) is 0. The zero-order valence-corrected chi connectivity index (χ0v) is 7.23. The van der Waals surface area contributed by atoms with Gasteiger partial charge in [-0.1, -0.05) is 30.3 Å². The van der Waals surface area contributed by atoms with E-state index in [0.29, 0.717) is 6.42 Å². The van der Waals surface area contributed by atoms with Crippen molar-refractivity contribution in [1.82, 2.24) is 0 Å². The van der Waals surface area contributed by atoms with E-state index in [0.717, 1.165) is 5.56 Å². The average Bonchev–Trinajstić information content (AvgIpc) is 2.81. The summed E-state index contributed by atoms with van der Waals surface area (Å²) < 4.78 is 0. The number of rotatable bonds is 2. The van der Waals surface area contributed by atoms with Crippen molar-refractivity contribution in [1.29, 1.82) is 0 Å². The second kappa shape index (κ2) is 2.57. The molecule has 0 bridgehead atoms. The lowest BCUT2D eigenvalue weighted by molar-refractivity contribution is -0.120. The molecule has 0 heterocycles. The average molecular weight is 176 g/mol. The van der Waals surface area contributed by atoms with Gasteiger partial charge in [-0.3, -0.25) is 4.79 Å². The van der Waals surface area contributed by atoms with Crippen molar-refractivity contribution in [2.24, 2.45) is 11.5 Å². The van der Waals surface area contributed by atoms with E-state index in [4.69, 9.17) is 11.5 Å². The molecule has 3 heteroatoms. The number of carbonyl (C=O) groups is 1. The summed E-state index contributed by atoms with van der Waals surface area (Å²) in [6, 6.07) is 9.77. The Bertz CT molecular complexity index is 336. The molecule has 2 atom stereocenters. The first-order chi connectivity index (χ1) is 6.14. The van der Waals surface area contributed by atoms with E-state index in [9.17, 15) is 4.79 Å². The van der Waals surface area contributed by atoms with Crippen molar-refractivity contribution in [3.8, 4) is 0 Å². The smallest absolute Gasteiger partial charge is 0.238 e. The lowest BCUT2D eigenvalue weighted by Gasteiger charge is -2.05. The van der Waals surface area contributed by atoms with Crippen LogP contribution in [0.2, 0.25) is 0 Å². The van der Waals surface area contributed by atoms with Crippen LogP contribution in [0.5, 0.6) is 0 Å². The number of hydrogen-bond donors (Lipinski definition) is 2. The highest BCUT2D eigenvalue weighted by Crippen LogP contribution is 2.48. The second-order valence-corrected chi connectivity index (χ2v) is 3.57. The topological polar surface area (TPSA) is 69.1 Å². The maximum absolute atomic E-state index is 11.0. The Morgan fingerprint density at radius 2 is 2.00 bits per heavy atom. The highest BCUT2D eigenvalue weighted by molar-refractivity contribution is 5.89. The lowest BCUT2D eigenvalue weighted by Crippen LogP contribution is -2.40. The Labute approximate surface area is 76.7 Å². The normalized spacial score (nSPS) is 31.3. The fraction of sp³-hybridized carbons (Fsp3) is 0.300. The van der Waals surface area contributed by atoms with E-state index in [1.165, 1.54) is 0 Å². The Morgan fingerprint density at radius 3 is 2.46 bits per heavy atom. The molecule has 0 spiro atoms. The van der Waals surface area contributed by atoms with Gasteiger partial charge in [0, 0.05) is 5.92 Å². The molecule has 13 heavy (non-hydrogen) atoms. The van der Waals surface area contributed by atoms with Gasteiger partial charge in [0.25, 0.3) is 0 Å². The molecule has 1 amide bonds. The third-order valence-corrected chi connectivity index (χ3v) is 2.66. The lowest BCUT2D eigenvalue weighted by atomic mass is 10.1. The van der Waals surface area contributed by atoms with Crippen LogP contribution in [0.1, 0.15) is 17.9 Å². The molecule has 1 aliphatic carbocycles. The summed E-state index contributed by atoms with van der Waals surface area (Å²) >= 11 is 0. The van der Waals surface area contributed by atoms with Crippen molar-refractivity contribution >= 4 is 5.91 Å². The van der Waals surface area contributed by atoms with Gasteiger partial charge >= 0.3 is 0 Å². The Hall–Kier alpha value is -1.35. The maximum Gasteiger partial charge on any atom is 0.238 e. The molecule has 2 unspecified atom stereocenters. The summed E-state index contributed by atoms with van der Waals surface area (Å²) in [5, 5.41) is 0. The summed E-state index contributed by atoms with van der Waals surface area (Å²) in [5.41, 5.74) is 11.3. The molecule has 0 radical (unpaired) electrons. The minimum Gasteiger partial charge on any atom is -0.368 e. The molecule has 3 nitrogen and oxygen atoms in total. The van der Waals surface area contributed by atoms with E-state index < -0.39 is 11.4 Å². The standard InChI is InChI=1S/C10H12N2O/c11-9(13)10(12)6-8(10)7-4-2-1-3-5-7/h1-5,8H,6,12H2,(H2,11,13). The van der Waals surface area contributed by atoms with Gasteiger partial charge in [0.1, 0.15) is 5.54 Å². The van der Waals surface area contributed by atoms with E-state index in [2.05, 4.69) is 0 Å². The van der Waals surface area contributed by atoms with Gasteiger partial charge in [-0.05, 0) is 12.0 Å². The Morgan fingerprint density at radius 1 is 1.38 bits per heavy atom. The van der Waals surface area contributed by atoms with E-state index in [1.54, 1.807) is 0 Å². The van der Waals surface area contributed by atoms with Gasteiger partial charge in [-0.15, -0.1) is 0 Å². The molecule has 0 aromatic heterocycles. The van der Waals surface area contributed by atoms with Gasteiger partial charge in [-0.2, -0.15) is 0 Å². The van der Waals surface area contributed by atoms with Crippen LogP contribution in [-0.4, -0.2) is 11.4 Å². The largest absolute Gasteiger partial charge is 0.368 e. The predicted molar refractivity (Wildman–Crippen MR) is 49.9 cm³/mol. The van der Waals surface area contributed by atoms with E-state index in [-0.39, 0.29) is 5.92 Å². The van der Waals surface area contributed by atoms with Crippen LogP contribution < -0.4 is 11.5 Å². The van der Waals surface area contributed by atoms with Crippen molar-refractivity contribution in [3.05, 3.63) is 35.9 Å². The Kier molecular flexibility index (Phi) is 1.63. The number of hydrogen-bond acceptors (Lipinski definition) is 2. The second-order valence-electron chi connectivity index (χ2n) is 3.57. The van der Waals surface area contributed by atoms with Gasteiger partial charge in [0.2, 0.25) is 5.91 Å². The molecular weight excluding hydrogens is 164 g/mol. The van der Waals surface area contributed by atoms with Crippen LogP contribution in [0.25, 0.3) is 0 Å². The number of amides is 1. The van der Waals surface area contributed by atoms with Crippen molar-refractivity contribution in [3.63, 3.8) is 0 Å². The van der Waals surface area contributed by atoms with Crippen molar-refractivity contribution in [2.75, 3.05) is 0 Å². The summed E-state index contributed by atoms with van der Waals surface area (Å²) in [4.78, 5) is 11.0. The molecule has 0 saturated heterocycles. The highest BCUT2D eigenvalue weighted by Gasteiger charge is 2.56. The van der Waals surface area contributed by atoms with Gasteiger partial charge in [0.05, 0.1) is 0 Å². The molecule has 1 aromatic rings. The minimum atomic E-state index is -0.790. The van der Waals surface area contributed by atoms with Gasteiger partial charge < -0.3 is 11.5 Å². The molecule has 1 aromatic carbocycles. The van der Waals surface area contributed by atoms with Crippen LogP contribution in [0, 0.1) is 0 Å². The van der Waals surface area contributed by atoms with Crippen LogP contribution in [0.3, 0.4) is 0 Å². The van der Waals surface area contributed by atoms with Gasteiger partial charge in [-0.25, -0.2) is 0 Å². The Balaban J connectivity index is 2.21. The van der Waals surface area contributed by atoms with E-state index >= 15 is 0 Å². The first kappa shape index (κ1) is 8.26. The molecule has 0 aliphatic heterocycles. The third-order valence-electron chi connectivity index (χ3n) is 2.66. The molecule has 1 aliphatic rings. The maximum atomic E-state index is 11.0. The zero-order chi connectivity index (χ0) is 9.47. The van der Waals surface area contributed by atoms with Crippen LogP contribution in [0.15, 0.2) is 30.3 Å². The van der Waals surface area contributed by atoms with E-state index in [1.807, 2.05) is 30.3 Å². The van der Waals surface area contributed by atoms with Crippen LogP contribution in [-0.2, 0) is 4.79 Å². The van der Waals surface area contributed by atoms with Crippen molar-refractivity contribution in [2.45, 2.75) is 17.9 Å². The number of carbonyl (C=O) groups excluding carboxylic acids is 1. The molecule has 68 valence electrons. The number of primary amides is 1. The first-order valence-electron chi connectivity index (χ1n) is 4.28.